The van der Waals surface area contributed by atoms with Crippen LogP contribution in [-0.2, 0) is 19.2 Å². The van der Waals surface area contributed by atoms with Crippen molar-refractivity contribution in [3.05, 3.63) is 0 Å². The molecule has 0 rings (SSSR count). The lowest BCUT2D eigenvalue weighted by atomic mass is 10.5. The van der Waals surface area contributed by atoms with Crippen molar-refractivity contribution < 1.29 is 81.5 Å². The van der Waals surface area contributed by atoms with Crippen LogP contribution in [0, 0.1) is 0 Å². The van der Waals surface area contributed by atoms with Crippen LogP contribution in [0.1, 0.15) is 0 Å². The molecule has 18 heteroatoms. The van der Waals surface area contributed by atoms with Crippen molar-refractivity contribution in [2.45, 2.75) is 36.7 Å². The molecule has 0 aromatic carbocycles. The van der Waals surface area contributed by atoms with Gasteiger partial charge in [-0.15, -0.1) is 4.94 Å². The minimum absolute atomic E-state index is 1.25. The van der Waals surface area contributed by atoms with Gasteiger partial charge in [0.15, 0.2) is 0 Å². The number of aliphatic hydroxyl groups is 1. The van der Waals surface area contributed by atoms with E-state index in [0.29, 0.717) is 0 Å². The van der Waals surface area contributed by atoms with Crippen LogP contribution in [0.25, 0.3) is 0 Å². The van der Waals surface area contributed by atoms with Crippen LogP contribution < -0.4 is 0 Å². The molecule has 0 aliphatic carbocycles. The fourth-order valence-electron chi connectivity index (χ4n) is 0.836. The first kappa shape index (κ1) is 24.9. The van der Waals surface area contributed by atoms with E-state index in [-0.39, 0.29) is 0 Å². The SMILES string of the molecule is OCC(F)(F)OCC(F)(F)OC(F)(F)C(F)(F)OC(F)(F)C(F)(F)OF. The molecule has 0 aromatic rings. The van der Waals surface area contributed by atoms with Gasteiger partial charge in [0, 0.05) is 0 Å². The molecule has 0 spiro atoms. The number of hydrogen-bond donors (Lipinski definition) is 1. The average Bonchev–Trinajstić information content (AvgIpc) is 2.43. The summed E-state index contributed by atoms with van der Waals surface area (Å²) in [5, 5.41) is 7.93. The smallest absolute Gasteiger partial charge is 0.387 e. The van der Waals surface area contributed by atoms with Crippen molar-refractivity contribution in [2.24, 2.45) is 0 Å². The van der Waals surface area contributed by atoms with Gasteiger partial charge in [0.25, 0.3) is 0 Å². The van der Waals surface area contributed by atoms with E-state index in [4.69, 9.17) is 5.11 Å². The minimum Gasteiger partial charge on any atom is -0.387 e. The van der Waals surface area contributed by atoms with E-state index in [1.54, 1.807) is 4.74 Å². The van der Waals surface area contributed by atoms with Gasteiger partial charge >= 0.3 is 36.7 Å². The molecule has 0 aliphatic heterocycles. The molecular formula is C8H5F13O5. The minimum atomic E-state index is -6.98. The third-order valence-electron chi connectivity index (χ3n) is 1.94. The Morgan fingerprint density at radius 3 is 1.35 bits per heavy atom. The van der Waals surface area contributed by atoms with E-state index in [1.807, 2.05) is 4.74 Å². The van der Waals surface area contributed by atoms with Crippen LogP contribution in [0.5, 0.6) is 0 Å². The average molecular weight is 428 g/mol. The zero-order valence-corrected chi connectivity index (χ0v) is 11.4. The van der Waals surface area contributed by atoms with Crippen molar-refractivity contribution >= 4 is 0 Å². The zero-order chi connectivity index (χ0) is 21.2. The van der Waals surface area contributed by atoms with Crippen LogP contribution in [-0.4, -0.2) is 55.0 Å². The molecule has 0 fully saturated rings. The number of halogens is 13. The number of ether oxygens (including phenoxy) is 3. The zero-order valence-electron chi connectivity index (χ0n) is 11.4. The molecule has 1 N–H and O–H groups in total. The Labute approximate surface area is 133 Å². The molecule has 0 unspecified atom stereocenters. The van der Waals surface area contributed by atoms with E-state index in [1.165, 1.54) is 4.94 Å². The van der Waals surface area contributed by atoms with E-state index < -0.39 is 49.9 Å². The summed E-state index contributed by atoms with van der Waals surface area (Å²) in [6.07, 6.45) is -37.8. The number of hydrogen-bond acceptors (Lipinski definition) is 5. The van der Waals surface area contributed by atoms with Crippen molar-refractivity contribution in [1.82, 2.24) is 0 Å². The molecule has 5 nitrogen and oxygen atoms in total. The Hall–Kier alpha value is -1.11. The molecule has 26 heavy (non-hydrogen) atoms. The standard InChI is InChI=1S/C8H5F13O5/c9-3(10,1-22)23-2-4(11,12)24-5(13,14)6(15,16)25-7(17,18)8(19,20)26-21/h22H,1-2H2. The quantitative estimate of drug-likeness (QED) is 0.511. The molecule has 158 valence electrons. The van der Waals surface area contributed by atoms with Crippen molar-refractivity contribution in [3.63, 3.8) is 0 Å². The summed E-state index contributed by atoms with van der Waals surface area (Å²) in [7, 11) is 0. The Kier molecular flexibility index (Phi) is 7.17. The highest BCUT2D eigenvalue weighted by Crippen LogP contribution is 2.47. The lowest BCUT2D eigenvalue weighted by Gasteiger charge is -2.32. The van der Waals surface area contributed by atoms with E-state index in [0.717, 1.165) is 0 Å². The molecule has 0 aliphatic rings. The van der Waals surface area contributed by atoms with Gasteiger partial charge in [0.05, 0.1) is 0 Å². The van der Waals surface area contributed by atoms with E-state index >= 15 is 0 Å². The van der Waals surface area contributed by atoms with Crippen LogP contribution in [0.2, 0.25) is 0 Å². The summed E-state index contributed by atoms with van der Waals surface area (Å²) in [5.74, 6) is 0. The lowest BCUT2D eigenvalue weighted by Crippen LogP contribution is -2.56. The summed E-state index contributed by atoms with van der Waals surface area (Å²) < 4.78 is 168. The van der Waals surface area contributed by atoms with Gasteiger partial charge in [0.1, 0.15) is 13.2 Å². The molecule has 0 saturated heterocycles. The molecule has 0 heterocycles. The summed E-state index contributed by atoms with van der Waals surface area (Å²) in [6.45, 7) is -5.18. The second-order valence-corrected chi connectivity index (χ2v) is 4.07. The predicted molar refractivity (Wildman–Crippen MR) is 47.1 cm³/mol. The van der Waals surface area contributed by atoms with Crippen molar-refractivity contribution in [3.8, 4) is 0 Å². The highest BCUT2D eigenvalue weighted by molar-refractivity contribution is 4.75. The number of aliphatic hydroxyl groups excluding tert-OH is 1. The molecular weight excluding hydrogens is 423 g/mol. The van der Waals surface area contributed by atoms with Crippen LogP contribution in [0.15, 0.2) is 0 Å². The Bertz CT molecular complexity index is 467. The van der Waals surface area contributed by atoms with Gasteiger partial charge in [-0.2, -0.15) is 52.7 Å². The normalized spacial score (nSPS) is 15.5. The highest BCUT2D eigenvalue weighted by Gasteiger charge is 2.73. The Morgan fingerprint density at radius 2 is 0.962 bits per heavy atom. The summed E-state index contributed by atoms with van der Waals surface area (Å²) in [6, 6.07) is 0. The van der Waals surface area contributed by atoms with Gasteiger partial charge in [-0.25, -0.2) is 9.47 Å². The fraction of sp³-hybridized carbons (Fsp3) is 1.00. The molecule has 0 aromatic heterocycles. The molecule has 0 saturated carbocycles. The topological polar surface area (TPSA) is 57.2 Å². The first-order chi connectivity index (χ1) is 11.2. The summed E-state index contributed by atoms with van der Waals surface area (Å²) in [4.78, 5) is 1.25. The summed E-state index contributed by atoms with van der Waals surface area (Å²) >= 11 is 0. The van der Waals surface area contributed by atoms with Crippen LogP contribution >= 0.6 is 0 Å². The second-order valence-electron chi connectivity index (χ2n) is 4.07. The van der Waals surface area contributed by atoms with Crippen molar-refractivity contribution in [1.29, 1.82) is 0 Å². The van der Waals surface area contributed by atoms with Crippen LogP contribution in [0.4, 0.5) is 57.2 Å². The maximum atomic E-state index is 12.8. The van der Waals surface area contributed by atoms with Crippen LogP contribution in [0.3, 0.4) is 0 Å². The molecule has 0 radical (unpaired) electrons. The van der Waals surface area contributed by atoms with Gasteiger partial charge < -0.3 is 9.84 Å². The second kappa shape index (κ2) is 7.49. The highest BCUT2D eigenvalue weighted by atomic mass is 19.4. The maximum absolute atomic E-state index is 12.8. The third kappa shape index (κ3) is 6.25. The van der Waals surface area contributed by atoms with Gasteiger partial charge in [-0.05, 0) is 4.53 Å². The Balaban J connectivity index is 5.28. The fourth-order valence-corrected chi connectivity index (χ4v) is 0.836. The van der Waals surface area contributed by atoms with Crippen molar-refractivity contribution in [2.75, 3.05) is 13.2 Å². The first-order valence-corrected chi connectivity index (χ1v) is 5.46. The Morgan fingerprint density at radius 1 is 0.577 bits per heavy atom. The molecule has 0 amide bonds. The van der Waals surface area contributed by atoms with Gasteiger partial charge in [0.2, 0.25) is 0 Å². The lowest BCUT2D eigenvalue weighted by molar-refractivity contribution is -0.560. The maximum Gasteiger partial charge on any atom is 0.478 e. The van der Waals surface area contributed by atoms with E-state index in [9.17, 15) is 57.2 Å². The predicted octanol–water partition coefficient (Wildman–Crippen LogP) is 3.49. The number of rotatable bonds is 11. The monoisotopic (exact) mass is 428 g/mol. The largest absolute Gasteiger partial charge is 0.478 e. The van der Waals surface area contributed by atoms with E-state index in [2.05, 4.69) is 4.74 Å². The molecule has 0 bridgehead atoms. The third-order valence-corrected chi connectivity index (χ3v) is 1.94. The first-order valence-electron chi connectivity index (χ1n) is 5.46. The summed E-state index contributed by atoms with van der Waals surface area (Å²) in [5.41, 5.74) is 0. The van der Waals surface area contributed by atoms with Gasteiger partial charge in [-0.1, -0.05) is 0 Å². The number of alkyl halides is 12. The molecule has 0 atom stereocenters. The van der Waals surface area contributed by atoms with Gasteiger partial charge in [-0.3, -0.25) is 0 Å².